The van der Waals surface area contributed by atoms with Gasteiger partial charge in [-0.15, -0.1) is 11.6 Å². The Morgan fingerprint density at radius 3 is 2.39 bits per heavy atom. The molecule has 1 unspecified atom stereocenters. The molecule has 18 heavy (non-hydrogen) atoms. The molecule has 0 bridgehead atoms. The van der Waals surface area contributed by atoms with Gasteiger partial charge in [-0.3, -0.25) is 0 Å². The zero-order valence-electron chi connectivity index (χ0n) is 10.4. The van der Waals surface area contributed by atoms with Gasteiger partial charge in [0, 0.05) is 11.8 Å². The molecule has 1 heteroatoms. The highest BCUT2D eigenvalue weighted by Crippen LogP contribution is 2.37. The Kier molecular flexibility index (Phi) is 2.97. The molecule has 0 spiro atoms. The van der Waals surface area contributed by atoms with Crippen molar-refractivity contribution in [2.45, 2.75) is 12.8 Å². The molecule has 0 amide bonds. The van der Waals surface area contributed by atoms with E-state index in [0.29, 0.717) is 5.88 Å². The lowest BCUT2D eigenvalue weighted by atomic mass is 9.88. The number of rotatable bonds is 1. The summed E-state index contributed by atoms with van der Waals surface area (Å²) in [6, 6.07) is 17.1. The van der Waals surface area contributed by atoms with E-state index in [4.69, 9.17) is 11.6 Å². The van der Waals surface area contributed by atoms with Crippen LogP contribution in [0.2, 0.25) is 0 Å². The minimum absolute atomic E-state index is 0.285. The van der Waals surface area contributed by atoms with Gasteiger partial charge >= 0.3 is 0 Å². The van der Waals surface area contributed by atoms with Gasteiger partial charge in [-0.1, -0.05) is 54.6 Å². The summed E-state index contributed by atoms with van der Waals surface area (Å²) in [6.45, 7) is 2.17. The average Bonchev–Trinajstić information content (AvgIpc) is 2.53. The third-order valence-corrected chi connectivity index (χ3v) is 3.97. The number of halogens is 1. The predicted octanol–water partition coefficient (Wildman–Crippen LogP) is 4.93. The van der Waals surface area contributed by atoms with Crippen LogP contribution in [0.5, 0.6) is 0 Å². The smallest absolute Gasteiger partial charge is 0.0333 e. The Morgan fingerprint density at radius 2 is 1.61 bits per heavy atom. The second kappa shape index (κ2) is 4.62. The molecule has 90 valence electrons. The van der Waals surface area contributed by atoms with Crippen molar-refractivity contribution in [3.8, 4) is 0 Å². The molecule has 0 aromatic heterocycles. The van der Waals surface area contributed by atoms with Crippen molar-refractivity contribution in [1.82, 2.24) is 0 Å². The molecular weight excluding hydrogens is 240 g/mol. The molecule has 0 fully saturated rings. The zero-order valence-corrected chi connectivity index (χ0v) is 11.1. The molecule has 0 heterocycles. The number of allylic oxidation sites excluding steroid dienone is 1. The van der Waals surface area contributed by atoms with Gasteiger partial charge < -0.3 is 0 Å². The number of hydrogen-bond donors (Lipinski definition) is 0. The lowest BCUT2D eigenvalue weighted by Crippen LogP contribution is -2.05. The van der Waals surface area contributed by atoms with E-state index in [0.717, 1.165) is 0 Å². The molecule has 1 aliphatic rings. The first-order valence-corrected chi connectivity index (χ1v) is 6.77. The molecule has 2 aromatic carbocycles. The van der Waals surface area contributed by atoms with Crippen LogP contribution in [0.4, 0.5) is 0 Å². The molecule has 1 atom stereocenters. The topological polar surface area (TPSA) is 0 Å². The lowest BCUT2D eigenvalue weighted by molar-refractivity contribution is 0.927. The number of alkyl halides is 1. The molecule has 2 aromatic rings. The summed E-state index contributed by atoms with van der Waals surface area (Å²) in [4.78, 5) is 0. The molecule has 0 radical (unpaired) electrons. The van der Waals surface area contributed by atoms with Crippen LogP contribution in [-0.4, -0.2) is 5.88 Å². The Morgan fingerprint density at radius 1 is 0.944 bits per heavy atom. The normalized spacial score (nSPS) is 17.4. The molecule has 0 saturated carbocycles. The first-order chi connectivity index (χ1) is 8.81. The van der Waals surface area contributed by atoms with Gasteiger partial charge in [0.15, 0.2) is 0 Å². The summed E-state index contributed by atoms with van der Waals surface area (Å²) in [6.07, 6.45) is 2.26. The first-order valence-electron chi connectivity index (χ1n) is 6.23. The number of fused-ring (bicyclic) bond motifs is 2. The number of benzene rings is 2. The SMILES string of the molecule is CC1=Cc2ccccc2C(CCl)c2ccccc21. The highest BCUT2D eigenvalue weighted by Gasteiger charge is 2.21. The van der Waals surface area contributed by atoms with E-state index in [-0.39, 0.29) is 5.92 Å². The third kappa shape index (κ3) is 1.77. The van der Waals surface area contributed by atoms with Crippen molar-refractivity contribution in [1.29, 1.82) is 0 Å². The summed E-state index contributed by atoms with van der Waals surface area (Å²) in [7, 11) is 0. The van der Waals surface area contributed by atoms with E-state index in [9.17, 15) is 0 Å². The van der Waals surface area contributed by atoms with Crippen LogP contribution in [0.15, 0.2) is 48.5 Å². The van der Waals surface area contributed by atoms with Crippen LogP contribution in [-0.2, 0) is 0 Å². The molecule has 1 aliphatic carbocycles. The minimum Gasteiger partial charge on any atom is -0.126 e. The second-order valence-corrected chi connectivity index (χ2v) is 5.06. The lowest BCUT2D eigenvalue weighted by Gasteiger charge is -2.17. The van der Waals surface area contributed by atoms with Crippen LogP contribution in [0, 0.1) is 0 Å². The minimum atomic E-state index is 0.285. The standard InChI is InChI=1S/C17H15Cl/c1-12-10-13-6-2-3-8-15(13)17(11-18)16-9-5-4-7-14(12)16/h2-10,17H,11H2,1H3. The average molecular weight is 255 g/mol. The highest BCUT2D eigenvalue weighted by molar-refractivity contribution is 6.18. The van der Waals surface area contributed by atoms with Crippen LogP contribution in [0.3, 0.4) is 0 Å². The Hall–Kier alpha value is -1.53. The van der Waals surface area contributed by atoms with Crippen LogP contribution < -0.4 is 0 Å². The Bertz CT molecular complexity index is 611. The van der Waals surface area contributed by atoms with E-state index in [1.165, 1.54) is 27.8 Å². The Labute approximate surface area is 113 Å². The molecule has 3 rings (SSSR count). The van der Waals surface area contributed by atoms with Crippen molar-refractivity contribution >= 4 is 23.3 Å². The van der Waals surface area contributed by atoms with Crippen LogP contribution in [0.25, 0.3) is 11.6 Å². The predicted molar refractivity (Wildman–Crippen MR) is 79.0 cm³/mol. The summed E-state index contributed by atoms with van der Waals surface area (Å²) in [5, 5.41) is 0. The van der Waals surface area contributed by atoms with Gasteiger partial charge in [0.1, 0.15) is 0 Å². The van der Waals surface area contributed by atoms with Crippen molar-refractivity contribution in [3.05, 3.63) is 70.8 Å². The largest absolute Gasteiger partial charge is 0.126 e. The third-order valence-electron chi connectivity index (χ3n) is 3.66. The van der Waals surface area contributed by atoms with E-state index in [1.54, 1.807) is 0 Å². The van der Waals surface area contributed by atoms with Crippen LogP contribution in [0.1, 0.15) is 35.1 Å². The fraction of sp³-hybridized carbons (Fsp3) is 0.176. The van der Waals surface area contributed by atoms with Gasteiger partial charge in [0.2, 0.25) is 0 Å². The molecular formula is C17H15Cl. The van der Waals surface area contributed by atoms with Crippen molar-refractivity contribution in [2.24, 2.45) is 0 Å². The van der Waals surface area contributed by atoms with Crippen molar-refractivity contribution in [3.63, 3.8) is 0 Å². The van der Waals surface area contributed by atoms with Gasteiger partial charge in [0.05, 0.1) is 0 Å². The molecule has 0 saturated heterocycles. The summed E-state index contributed by atoms with van der Waals surface area (Å²) < 4.78 is 0. The Balaban J connectivity index is 2.31. The quantitative estimate of drug-likeness (QED) is 0.633. The van der Waals surface area contributed by atoms with Crippen LogP contribution >= 0.6 is 11.6 Å². The fourth-order valence-corrected chi connectivity index (χ4v) is 3.10. The van der Waals surface area contributed by atoms with Gasteiger partial charge in [-0.2, -0.15) is 0 Å². The highest BCUT2D eigenvalue weighted by atomic mass is 35.5. The first kappa shape index (κ1) is 11.6. The van der Waals surface area contributed by atoms with E-state index in [1.807, 2.05) is 0 Å². The van der Waals surface area contributed by atoms with Gasteiger partial charge in [0.25, 0.3) is 0 Å². The molecule has 0 N–H and O–H groups in total. The van der Waals surface area contributed by atoms with Gasteiger partial charge in [-0.05, 0) is 34.8 Å². The molecule has 0 aliphatic heterocycles. The number of hydrogen-bond acceptors (Lipinski definition) is 0. The van der Waals surface area contributed by atoms with E-state index < -0.39 is 0 Å². The maximum Gasteiger partial charge on any atom is 0.0333 e. The van der Waals surface area contributed by atoms with Crippen molar-refractivity contribution < 1.29 is 0 Å². The summed E-state index contributed by atoms with van der Waals surface area (Å²) in [5.41, 5.74) is 6.59. The van der Waals surface area contributed by atoms with E-state index >= 15 is 0 Å². The fourth-order valence-electron chi connectivity index (χ4n) is 2.76. The molecule has 0 nitrogen and oxygen atoms in total. The summed E-state index contributed by atoms with van der Waals surface area (Å²) >= 11 is 6.23. The second-order valence-electron chi connectivity index (χ2n) is 4.75. The monoisotopic (exact) mass is 254 g/mol. The van der Waals surface area contributed by atoms with Crippen molar-refractivity contribution in [2.75, 3.05) is 5.88 Å². The van der Waals surface area contributed by atoms with E-state index in [2.05, 4.69) is 61.5 Å². The summed E-state index contributed by atoms with van der Waals surface area (Å²) in [5.74, 6) is 0.905. The maximum absolute atomic E-state index is 6.23. The maximum atomic E-state index is 6.23. The zero-order chi connectivity index (χ0) is 12.5. The van der Waals surface area contributed by atoms with Gasteiger partial charge in [-0.25, -0.2) is 0 Å².